The summed E-state index contributed by atoms with van der Waals surface area (Å²) in [5.41, 5.74) is 1.53. The van der Waals surface area contributed by atoms with Gasteiger partial charge in [-0.1, -0.05) is 11.6 Å². The van der Waals surface area contributed by atoms with Crippen molar-refractivity contribution < 1.29 is 5.11 Å². The number of nitriles is 1. The SMILES string of the molecule is N#Cc1ccc(N2C3CCC2CC(O)C3)c(Br)c1Cl. The van der Waals surface area contributed by atoms with E-state index in [-0.39, 0.29) is 6.10 Å². The van der Waals surface area contributed by atoms with E-state index >= 15 is 0 Å². The summed E-state index contributed by atoms with van der Waals surface area (Å²) in [5.74, 6) is 0. The number of rotatable bonds is 1. The smallest absolute Gasteiger partial charge is 0.101 e. The molecule has 3 nitrogen and oxygen atoms in total. The molecule has 2 aliphatic rings. The Labute approximate surface area is 125 Å². The first-order valence-corrected chi connectivity index (χ1v) is 7.63. The Morgan fingerprint density at radius 1 is 1.32 bits per heavy atom. The molecule has 2 bridgehead atoms. The lowest BCUT2D eigenvalue weighted by Crippen LogP contribution is -2.45. The zero-order valence-corrected chi connectivity index (χ0v) is 12.7. The molecule has 0 spiro atoms. The highest BCUT2D eigenvalue weighted by molar-refractivity contribution is 9.10. The summed E-state index contributed by atoms with van der Waals surface area (Å²) in [5, 5.41) is 19.3. The average Bonchev–Trinajstić information content (AvgIpc) is 2.65. The van der Waals surface area contributed by atoms with Gasteiger partial charge in [0.2, 0.25) is 0 Å². The Morgan fingerprint density at radius 2 is 1.95 bits per heavy atom. The molecule has 0 aromatic heterocycles. The summed E-state index contributed by atoms with van der Waals surface area (Å²) in [6, 6.07) is 6.58. The second-order valence-corrected chi connectivity index (χ2v) is 6.46. The number of benzene rings is 1. The van der Waals surface area contributed by atoms with Crippen LogP contribution in [0, 0.1) is 11.3 Å². The Morgan fingerprint density at radius 3 is 2.53 bits per heavy atom. The van der Waals surface area contributed by atoms with Gasteiger partial charge in [0, 0.05) is 12.1 Å². The Hall–Kier alpha value is -0.760. The fraction of sp³-hybridized carbons (Fsp3) is 0.500. The van der Waals surface area contributed by atoms with Crippen molar-refractivity contribution in [3.63, 3.8) is 0 Å². The van der Waals surface area contributed by atoms with Crippen LogP contribution in [0.25, 0.3) is 0 Å². The van der Waals surface area contributed by atoms with Gasteiger partial charge in [-0.3, -0.25) is 0 Å². The molecule has 1 aromatic rings. The molecule has 2 atom stereocenters. The number of fused-ring (bicyclic) bond motifs is 2. The summed E-state index contributed by atoms with van der Waals surface area (Å²) in [6.45, 7) is 0. The normalized spacial score (nSPS) is 29.4. The van der Waals surface area contributed by atoms with Gasteiger partial charge in [-0.2, -0.15) is 5.26 Å². The lowest BCUT2D eigenvalue weighted by Gasteiger charge is -2.39. The molecule has 1 aromatic carbocycles. The first-order chi connectivity index (χ1) is 9.11. The van der Waals surface area contributed by atoms with Gasteiger partial charge in [0.15, 0.2) is 0 Å². The first-order valence-electron chi connectivity index (χ1n) is 6.46. The fourth-order valence-electron chi connectivity index (χ4n) is 3.37. The molecule has 2 saturated heterocycles. The second-order valence-electron chi connectivity index (χ2n) is 5.29. The van der Waals surface area contributed by atoms with E-state index in [9.17, 15) is 5.11 Å². The predicted molar refractivity (Wildman–Crippen MR) is 78.4 cm³/mol. The monoisotopic (exact) mass is 340 g/mol. The van der Waals surface area contributed by atoms with Crippen LogP contribution in [0.1, 0.15) is 31.2 Å². The molecular formula is C14H14BrClN2O. The van der Waals surface area contributed by atoms with Crippen LogP contribution in [0.2, 0.25) is 5.02 Å². The molecule has 0 amide bonds. The topological polar surface area (TPSA) is 47.3 Å². The highest BCUT2D eigenvalue weighted by atomic mass is 79.9. The van der Waals surface area contributed by atoms with E-state index in [0.717, 1.165) is 35.8 Å². The number of aliphatic hydroxyl groups is 1. The van der Waals surface area contributed by atoms with Crippen molar-refractivity contribution in [1.29, 1.82) is 5.26 Å². The largest absolute Gasteiger partial charge is 0.393 e. The van der Waals surface area contributed by atoms with Gasteiger partial charge < -0.3 is 10.0 Å². The summed E-state index contributed by atoms with van der Waals surface area (Å²) < 4.78 is 0.793. The number of piperidine rings is 1. The van der Waals surface area contributed by atoms with Crippen LogP contribution in [0.4, 0.5) is 5.69 Å². The van der Waals surface area contributed by atoms with Crippen LogP contribution in [-0.4, -0.2) is 23.3 Å². The highest BCUT2D eigenvalue weighted by Crippen LogP contribution is 2.44. The molecular weight excluding hydrogens is 328 g/mol. The standard InChI is InChI=1S/C14H14BrClN2O/c15-13-12(4-1-8(7-17)14(13)16)18-9-2-3-10(18)6-11(19)5-9/h1,4,9-11,19H,2-3,5-6H2. The maximum absolute atomic E-state index is 9.85. The van der Waals surface area contributed by atoms with E-state index < -0.39 is 0 Å². The quantitative estimate of drug-likeness (QED) is 0.851. The third kappa shape index (κ3) is 2.14. The summed E-state index contributed by atoms with van der Waals surface area (Å²) in [6.07, 6.45) is 3.69. The van der Waals surface area contributed by atoms with E-state index in [2.05, 4.69) is 26.9 Å². The molecule has 3 rings (SSSR count). The highest BCUT2D eigenvalue weighted by Gasteiger charge is 2.41. The second kappa shape index (κ2) is 4.97. The average molecular weight is 342 g/mol. The third-order valence-electron chi connectivity index (χ3n) is 4.17. The van der Waals surface area contributed by atoms with Gasteiger partial charge in [0.05, 0.1) is 26.9 Å². The van der Waals surface area contributed by atoms with Crippen molar-refractivity contribution in [2.24, 2.45) is 0 Å². The maximum Gasteiger partial charge on any atom is 0.101 e. The summed E-state index contributed by atoms with van der Waals surface area (Å²) in [7, 11) is 0. The van der Waals surface area contributed by atoms with Crippen LogP contribution in [0.3, 0.4) is 0 Å². The minimum atomic E-state index is -0.179. The molecule has 1 N–H and O–H groups in total. The minimum Gasteiger partial charge on any atom is -0.393 e. The lowest BCUT2D eigenvalue weighted by atomic mass is 9.99. The van der Waals surface area contributed by atoms with E-state index in [0.29, 0.717) is 22.7 Å². The predicted octanol–water partition coefficient (Wildman–Crippen LogP) is 3.47. The van der Waals surface area contributed by atoms with E-state index in [4.69, 9.17) is 16.9 Å². The molecule has 19 heavy (non-hydrogen) atoms. The Bertz CT molecular complexity index is 543. The molecule has 0 aliphatic carbocycles. The van der Waals surface area contributed by atoms with Crippen molar-refractivity contribution in [2.75, 3.05) is 4.90 Å². The number of aliphatic hydroxyl groups excluding tert-OH is 1. The van der Waals surface area contributed by atoms with Crippen LogP contribution < -0.4 is 4.90 Å². The molecule has 2 unspecified atom stereocenters. The van der Waals surface area contributed by atoms with Crippen molar-refractivity contribution >= 4 is 33.2 Å². The first kappa shape index (κ1) is 13.2. The van der Waals surface area contributed by atoms with Crippen molar-refractivity contribution in [3.05, 3.63) is 27.2 Å². The Kier molecular flexibility index (Phi) is 3.46. The number of hydrogen-bond acceptors (Lipinski definition) is 3. The number of hydrogen-bond donors (Lipinski definition) is 1. The number of nitrogens with zero attached hydrogens (tertiary/aromatic N) is 2. The molecule has 2 aliphatic heterocycles. The third-order valence-corrected chi connectivity index (χ3v) is 5.59. The molecule has 5 heteroatoms. The van der Waals surface area contributed by atoms with Crippen molar-refractivity contribution in [2.45, 2.75) is 43.9 Å². The molecule has 2 fully saturated rings. The number of anilines is 1. The van der Waals surface area contributed by atoms with Gasteiger partial charge in [-0.05, 0) is 53.7 Å². The molecule has 0 saturated carbocycles. The minimum absolute atomic E-state index is 0.179. The van der Waals surface area contributed by atoms with Gasteiger partial charge in [-0.15, -0.1) is 0 Å². The maximum atomic E-state index is 9.85. The van der Waals surface area contributed by atoms with Crippen LogP contribution in [0.5, 0.6) is 0 Å². The van der Waals surface area contributed by atoms with Crippen LogP contribution >= 0.6 is 27.5 Å². The van der Waals surface area contributed by atoms with E-state index in [1.807, 2.05) is 6.07 Å². The van der Waals surface area contributed by atoms with Crippen molar-refractivity contribution in [1.82, 2.24) is 0 Å². The zero-order chi connectivity index (χ0) is 13.6. The van der Waals surface area contributed by atoms with Gasteiger partial charge in [-0.25, -0.2) is 0 Å². The van der Waals surface area contributed by atoms with Crippen LogP contribution in [-0.2, 0) is 0 Å². The summed E-state index contributed by atoms with van der Waals surface area (Å²) in [4.78, 5) is 2.36. The molecule has 2 heterocycles. The fourth-order valence-corrected chi connectivity index (χ4v) is 4.12. The van der Waals surface area contributed by atoms with Gasteiger partial charge in [0.25, 0.3) is 0 Å². The lowest BCUT2D eigenvalue weighted by molar-refractivity contribution is 0.126. The van der Waals surface area contributed by atoms with E-state index in [1.165, 1.54) is 0 Å². The van der Waals surface area contributed by atoms with Gasteiger partial charge in [0.1, 0.15) is 6.07 Å². The van der Waals surface area contributed by atoms with Crippen molar-refractivity contribution in [3.8, 4) is 6.07 Å². The van der Waals surface area contributed by atoms with Gasteiger partial charge >= 0.3 is 0 Å². The van der Waals surface area contributed by atoms with E-state index in [1.54, 1.807) is 6.07 Å². The molecule has 100 valence electrons. The Balaban J connectivity index is 2.00. The zero-order valence-electron chi connectivity index (χ0n) is 10.3. The molecule has 0 radical (unpaired) electrons. The summed E-state index contributed by atoms with van der Waals surface area (Å²) >= 11 is 9.73. The number of halogens is 2. The van der Waals surface area contributed by atoms with Crippen LogP contribution in [0.15, 0.2) is 16.6 Å².